The lowest BCUT2D eigenvalue weighted by Gasteiger charge is -2.17. The van der Waals surface area contributed by atoms with Crippen LogP contribution in [0.1, 0.15) is 25.7 Å². The summed E-state index contributed by atoms with van der Waals surface area (Å²) >= 11 is 0. The first-order valence-corrected chi connectivity index (χ1v) is 4.75. The molecule has 0 aliphatic rings. The van der Waals surface area contributed by atoms with Crippen LogP contribution >= 0.6 is 0 Å². The number of rotatable bonds is 4. The molecule has 1 aromatic carbocycles. The molecule has 0 saturated heterocycles. The van der Waals surface area contributed by atoms with Gasteiger partial charge in [-0.25, -0.2) is 0 Å². The summed E-state index contributed by atoms with van der Waals surface area (Å²) in [7, 11) is 1.38. The van der Waals surface area contributed by atoms with Gasteiger partial charge in [-0.1, -0.05) is 0 Å². The second-order valence-corrected chi connectivity index (χ2v) is 3.48. The van der Waals surface area contributed by atoms with Crippen molar-refractivity contribution < 1.29 is 19.7 Å². The molecular formula is C11H16O4. The van der Waals surface area contributed by atoms with Crippen molar-refractivity contribution in [1.82, 2.24) is 0 Å². The lowest BCUT2D eigenvalue weighted by molar-refractivity contribution is -0.0786. The van der Waals surface area contributed by atoms with E-state index in [1.54, 1.807) is 6.07 Å². The van der Waals surface area contributed by atoms with E-state index in [-0.39, 0.29) is 11.9 Å². The van der Waals surface area contributed by atoms with Gasteiger partial charge in [0.05, 0.1) is 11.7 Å². The van der Waals surface area contributed by atoms with Crippen LogP contribution in [-0.2, 0) is 4.74 Å². The predicted octanol–water partition coefficient (Wildman–Crippen LogP) is 1.82. The molecule has 0 fully saturated rings. The van der Waals surface area contributed by atoms with E-state index in [0.29, 0.717) is 11.3 Å². The van der Waals surface area contributed by atoms with Crippen molar-refractivity contribution in [2.75, 3.05) is 7.11 Å². The highest BCUT2D eigenvalue weighted by Crippen LogP contribution is 2.29. The van der Waals surface area contributed by atoms with Crippen LogP contribution in [0.4, 0.5) is 0 Å². The van der Waals surface area contributed by atoms with Crippen molar-refractivity contribution in [3.63, 3.8) is 0 Å². The average molecular weight is 212 g/mol. The summed E-state index contributed by atoms with van der Waals surface area (Å²) in [6, 6.07) is 4.53. The number of benzene rings is 1. The van der Waals surface area contributed by atoms with Crippen molar-refractivity contribution in [2.45, 2.75) is 26.2 Å². The van der Waals surface area contributed by atoms with Crippen molar-refractivity contribution in [3.8, 4) is 11.5 Å². The molecule has 2 N–H and O–H groups in total. The minimum absolute atomic E-state index is 0.00245. The quantitative estimate of drug-likeness (QED) is 0.747. The van der Waals surface area contributed by atoms with E-state index in [9.17, 15) is 10.2 Å². The second-order valence-electron chi connectivity index (χ2n) is 3.48. The molecule has 0 bridgehead atoms. The van der Waals surface area contributed by atoms with Gasteiger partial charge in [-0.3, -0.25) is 0 Å². The minimum Gasteiger partial charge on any atom is -0.508 e. The summed E-state index contributed by atoms with van der Waals surface area (Å²) in [5, 5.41) is 18.8. The maximum Gasteiger partial charge on any atom is 0.184 e. The van der Waals surface area contributed by atoms with E-state index in [1.807, 2.05) is 13.8 Å². The van der Waals surface area contributed by atoms with Crippen LogP contribution in [0.25, 0.3) is 0 Å². The van der Waals surface area contributed by atoms with E-state index in [1.165, 1.54) is 19.2 Å². The fourth-order valence-electron chi connectivity index (χ4n) is 1.22. The Kier molecular flexibility index (Phi) is 3.94. The Balaban J connectivity index is 3.02. The first-order chi connectivity index (χ1) is 7.04. The number of hydrogen-bond donors (Lipinski definition) is 2. The molecule has 1 rings (SSSR count). The van der Waals surface area contributed by atoms with Crippen LogP contribution in [-0.4, -0.2) is 23.4 Å². The minimum atomic E-state index is -1.09. The van der Waals surface area contributed by atoms with Gasteiger partial charge < -0.3 is 19.7 Å². The number of phenols is 1. The smallest absolute Gasteiger partial charge is 0.184 e. The molecule has 4 nitrogen and oxygen atoms in total. The SMILES string of the molecule is COC(O)c1cc(O)ccc1OC(C)C. The summed E-state index contributed by atoms with van der Waals surface area (Å²) in [4.78, 5) is 0. The Labute approximate surface area is 89.1 Å². The molecule has 0 aliphatic carbocycles. The summed E-state index contributed by atoms with van der Waals surface area (Å²) in [5.41, 5.74) is 0.422. The van der Waals surface area contributed by atoms with Crippen LogP contribution in [0.15, 0.2) is 18.2 Å². The molecule has 1 unspecified atom stereocenters. The summed E-state index contributed by atoms with van der Waals surface area (Å²) in [6.07, 6.45) is -1.09. The standard InChI is InChI=1S/C11H16O4/c1-7(2)15-10-5-4-8(12)6-9(10)11(13)14-3/h4-7,11-13H,1-3H3. The highest BCUT2D eigenvalue weighted by molar-refractivity contribution is 5.40. The zero-order valence-corrected chi connectivity index (χ0v) is 9.10. The van der Waals surface area contributed by atoms with Crippen molar-refractivity contribution in [1.29, 1.82) is 0 Å². The Morgan fingerprint density at radius 1 is 1.27 bits per heavy atom. The molecule has 84 valence electrons. The summed E-state index contributed by atoms with van der Waals surface area (Å²) < 4.78 is 10.3. The van der Waals surface area contributed by atoms with Crippen molar-refractivity contribution in [3.05, 3.63) is 23.8 Å². The van der Waals surface area contributed by atoms with Gasteiger partial charge in [0.2, 0.25) is 0 Å². The normalized spacial score (nSPS) is 12.9. The molecule has 0 heterocycles. The molecule has 0 radical (unpaired) electrons. The van der Waals surface area contributed by atoms with E-state index in [2.05, 4.69) is 0 Å². The van der Waals surface area contributed by atoms with Gasteiger partial charge in [0, 0.05) is 7.11 Å². The fraction of sp³-hybridized carbons (Fsp3) is 0.455. The zero-order chi connectivity index (χ0) is 11.4. The van der Waals surface area contributed by atoms with Crippen LogP contribution < -0.4 is 4.74 Å². The number of aromatic hydroxyl groups is 1. The van der Waals surface area contributed by atoms with Crippen LogP contribution in [0.5, 0.6) is 11.5 Å². The van der Waals surface area contributed by atoms with Crippen molar-refractivity contribution in [2.24, 2.45) is 0 Å². The fourth-order valence-corrected chi connectivity index (χ4v) is 1.22. The van der Waals surface area contributed by atoms with Crippen LogP contribution in [0, 0.1) is 0 Å². The van der Waals surface area contributed by atoms with Crippen LogP contribution in [0.2, 0.25) is 0 Å². The van der Waals surface area contributed by atoms with E-state index >= 15 is 0 Å². The van der Waals surface area contributed by atoms with E-state index in [0.717, 1.165) is 0 Å². The highest BCUT2D eigenvalue weighted by atomic mass is 16.6. The Hall–Kier alpha value is -1.26. The molecule has 0 aliphatic heterocycles. The first kappa shape index (κ1) is 11.8. The lowest BCUT2D eigenvalue weighted by Crippen LogP contribution is -2.10. The number of aliphatic hydroxyl groups excluding tert-OH is 1. The highest BCUT2D eigenvalue weighted by Gasteiger charge is 2.14. The van der Waals surface area contributed by atoms with Gasteiger partial charge in [-0.2, -0.15) is 0 Å². The number of hydrogen-bond acceptors (Lipinski definition) is 4. The number of aliphatic hydroxyl groups is 1. The predicted molar refractivity (Wildman–Crippen MR) is 55.8 cm³/mol. The largest absolute Gasteiger partial charge is 0.508 e. The van der Waals surface area contributed by atoms with Gasteiger partial charge in [0.1, 0.15) is 11.5 Å². The Bertz CT molecular complexity index is 322. The molecule has 4 heteroatoms. The first-order valence-electron chi connectivity index (χ1n) is 4.75. The maximum atomic E-state index is 9.53. The molecule has 0 saturated carbocycles. The topological polar surface area (TPSA) is 58.9 Å². The number of ether oxygens (including phenoxy) is 2. The van der Waals surface area contributed by atoms with Gasteiger partial charge >= 0.3 is 0 Å². The van der Waals surface area contributed by atoms with Gasteiger partial charge in [0.15, 0.2) is 6.29 Å². The lowest BCUT2D eigenvalue weighted by atomic mass is 10.2. The summed E-state index contributed by atoms with van der Waals surface area (Å²) in [5.74, 6) is 0.578. The second kappa shape index (κ2) is 5.00. The van der Waals surface area contributed by atoms with Gasteiger partial charge in [-0.05, 0) is 32.0 Å². The zero-order valence-electron chi connectivity index (χ0n) is 9.10. The third kappa shape index (κ3) is 3.11. The summed E-state index contributed by atoms with van der Waals surface area (Å²) in [6.45, 7) is 3.77. The molecule has 0 aromatic heterocycles. The van der Waals surface area contributed by atoms with E-state index in [4.69, 9.17) is 9.47 Å². The Morgan fingerprint density at radius 2 is 1.93 bits per heavy atom. The van der Waals surface area contributed by atoms with Gasteiger partial charge in [-0.15, -0.1) is 0 Å². The maximum absolute atomic E-state index is 9.53. The number of phenolic OH excluding ortho intramolecular Hbond substituents is 1. The molecule has 0 amide bonds. The number of methoxy groups -OCH3 is 1. The molecule has 1 aromatic rings. The average Bonchev–Trinajstić information content (AvgIpc) is 2.19. The van der Waals surface area contributed by atoms with Crippen molar-refractivity contribution >= 4 is 0 Å². The van der Waals surface area contributed by atoms with E-state index < -0.39 is 6.29 Å². The molecular weight excluding hydrogens is 196 g/mol. The molecule has 15 heavy (non-hydrogen) atoms. The monoisotopic (exact) mass is 212 g/mol. The van der Waals surface area contributed by atoms with Gasteiger partial charge in [0.25, 0.3) is 0 Å². The third-order valence-electron chi connectivity index (χ3n) is 1.85. The molecule has 1 atom stereocenters. The Morgan fingerprint density at radius 3 is 2.47 bits per heavy atom. The molecule has 0 spiro atoms. The van der Waals surface area contributed by atoms with Crippen LogP contribution in [0.3, 0.4) is 0 Å². The third-order valence-corrected chi connectivity index (χ3v) is 1.85.